The molecule has 1 aliphatic heterocycles. The number of benzene rings is 2. The summed E-state index contributed by atoms with van der Waals surface area (Å²) >= 11 is 5.85. The number of urea groups is 1. The van der Waals surface area contributed by atoms with Gasteiger partial charge in [-0.1, -0.05) is 17.7 Å². The number of halogens is 2. The van der Waals surface area contributed by atoms with Crippen LogP contribution in [0.25, 0.3) is 0 Å². The molecule has 3 rings (SSSR count). The van der Waals surface area contributed by atoms with E-state index >= 15 is 0 Å². The summed E-state index contributed by atoms with van der Waals surface area (Å²) in [6.45, 7) is 3.56. The normalized spacial score (nSPS) is 13.4. The van der Waals surface area contributed by atoms with Crippen LogP contribution in [-0.4, -0.2) is 24.1 Å². The van der Waals surface area contributed by atoms with E-state index in [4.69, 9.17) is 16.3 Å². The molecule has 0 spiro atoms. The van der Waals surface area contributed by atoms with Crippen molar-refractivity contribution in [2.75, 3.05) is 18.5 Å². The molecule has 1 heterocycles. The molecule has 0 fully saturated rings. The molecule has 4 nitrogen and oxygen atoms in total. The molecule has 0 unspecified atom stereocenters. The SMILES string of the molecule is CCOc1ccc2c(c1)CN(C(=O)Nc1cc(Cl)ccc1F)CC2. The largest absolute Gasteiger partial charge is 0.494 e. The number of rotatable bonds is 3. The lowest BCUT2D eigenvalue weighted by molar-refractivity contribution is 0.206. The Morgan fingerprint density at radius 2 is 2.12 bits per heavy atom. The molecule has 0 saturated heterocycles. The van der Waals surface area contributed by atoms with Gasteiger partial charge in [-0.25, -0.2) is 9.18 Å². The Labute approximate surface area is 145 Å². The number of fused-ring (bicyclic) bond motifs is 1. The highest BCUT2D eigenvalue weighted by Crippen LogP contribution is 2.25. The fraction of sp³-hybridized carbons (Fsp3) is 0.278. The minimum Gasteiger partial charge on any atom is -0.494 e. The molecule has 2 amide bonds. The lowest BCUT2D eigenvalue weighted by Crippen LogP contribution is -2.39. The minimum atomic E-state index is -0.510. The number of nitrogens with one attached hydrogen (secondary N) is 1. The van der Waals surface area contributed by atoms with Gasteiger partial charge in [0.1, 0.15) is 11.6 Å². The highest BCUT2D eigenvalue weighted by atomic mass is 35.5. The van der Waals surface area contributed by atoms with E-state index in [0.29, 0.717) is 24.7 Å². The second-order valence-corrected chi connectivity index (χ2v) is 6.03. The molecule has 0 radical (unpaired) electrons. The maximum atomic E-state index is 13.8. The van der Waals surface area contributed by atoms with Crippen LogP contribution in [0, 0.1) is 5.82 Å². The summed E-state index contributed by atoms with van der Waals surface area (Å²) in [5.74, 6) is 0.281. The summed E-state index contributed by atoms with van der Waals surface area (Å²) in [6, 6.07) is 9.67. The van der Waals surface area contributed by atoms with Gasteiger partial charge in [-0.15, -0.1) is 0 Å². The van der Waals surface area contributed by atoms with Gasteiger partial charge in [-0.3, -0.25) is 0 Å². The minimum absolute atomic E-state index is 0.0846. The summed E-state index contributed by atoms with van der Waals surface area (Å²) < 4.78 is 19.3. The van der Waals surface area contributed by atoms with E-state index in [1.807, 2.05) is 25.1 Å². The average Bonchev–Trinajstić information content (AvgIpc) is 2.58. The van der Waals surface area contributed by atoms with Crippen molar-refractivity contribution in [2.45, 2.75) is 19.9 Å². The van der Waals surface area contributed by atoms with E-state index in [9.17, 15) is 9.18 Å². The van der Waals surface area contributed by atoms with E-state index in [-0.39, 0.29) is 11.7 Å². The van der Waals surface area contributed by atoms with Crippen LogP contribution in [0.1, 0.15) is 18.1 Å². The smallest absolute Gasteiger partial charge is 0.322 e. The fourth-order valence-corrected chi connectivity index (χ4v) is 2.92. The van der Waals surface area contributed by atoms with Gasteiger partial charge < -0.3 is 15.0 Å². The Morgan fingerprint density at radius 1 is 1.29 bits per heavy atom. The van der Waals surface area contributed by atoms with Crippen LogP contribution >= 0.6 is 11.6 Å². The molecule has 126 valence electrons. The first-order chi connectivity index (χ1) is 11.6. The Balaban J connectivity index is 1.73. The van der Waals surface area contributed by atoms with Crippen LogP contribution in [-0.2, 0) is 13.0 Å². The van der Waals surface area contributed by atoms with Crippen LogP contribution in [0.5, 0.6) is 5.75 Å². The Hall–Kier alpha value is -2.27. The first-order valence-electron chi connectivity index (χ1n) is 7.82. The van der Waals surface area contributed by atoms with Gasteiger partial charge in [-0.2, -0.15) is 0 Å². The van der Waals surface area contributed by atoms with E-state index < -0.39 is 5.82 Å². The van der Waals surface area contributed by atoms with Crippen molar-refractivity contribution in [3.05, 3.63) is 58.4 Å². The predicted molar refractivity (Wildman–Crippen MR) is 92.2 cm³/mol. The number of anilines is 1. The number of ether oxygens (including phenoxy) is 1. The number of carbonyl (C=O) groups excluding carboxylic acids is 1. The predicted octanol–water partition coefficient (Wildman–Crippen LogP) is 4.47. The molecule has 2 aromatic rings. The van der Waals surface area contributed by atoms with Crippen molar-refractivity contribution < 1.29 is 13.9 Å². The van der Waals surface area contributed by atoms with Crippen molar-refractivity contribution in [1.29, 1.82) is 0 Å². The molecule has 2 aromatic carbocycles. The summed E-state index contributed by atoms with van der Waals surface area (Å²) in [5.41, 5.74) is 2.34. The summed E-state index contributed by atoms with van der Waals surface area (Å²) in [5, 5.41) is 2.96. The molecule has 1 N–H and O–H groups in total. The third-order valence-electron chi connectivity index (χ3n) is 3.96. The van der Waals surface area contributed by atoms with Crippen LogP contribution in [0.15, 0.2) is 36.4 Å². The highest BCUT2D eigenvalue weighted by Gasteiger charge is 2.22. The van der Waals surface area contributed by atoms with E-state index in [1.54, 1.807) is 4.90 Å². The number of carbonyl (C=O) groups is 1. The van der Waals surface area contributed by atoms with Gasteiger partial charge in [0.05, 0.1) is 12.3 Å². The number of amides is 2. The Morgan fingerprint density at radius 3 is 2.92 bits per heavy atom. The number of nitrogens with zero attached hydrogens (tertiary/aromatic N) is 1. The topological polar surface area (TPSA) is 41.6 Å². The van der Waals surface area contributed by atoms with Gasteiger partial charge in [0, 0.05) is 18.1 Å². The third-order valence-corrected chi connectivity index (χ3v) is 4.19. The molecule has 0 aromatic heterocycles. The zero-order valence-electron chi connectivity index (χ0n) is 13.3. The monoisotopic (exact) mass is 348 g/mol. The van der Waals surface area contributed by atoms with Gasteiger partial charge >= 0.3 is 6.03 Å². The first-order valence-corrected chi connectivity index (χ1v) is 8.20. The van der Waals surface area contributed by atoms with Crippen molar-refractivity contribution in [1.82, 2.24) is 4.90 Å². The van der Waals surface area contributed by atoms with Crippen molar-refractivity contribution in [2.24, 2.45) is 0 Å². The fourth-order valence-electron chi connectivity index (χ4n) is 2.75. The maximum Gasteiger partial charge on any atom is 0.322 e. The molecule has 6 heteroatoms. The Kier molecular flexibility index (Phi) is 4.90. The lowest BCUT2D eigenvalue weighted by Gasteiger charge is -2.29. The van der Waals surface area contributed by atoms with Gasteiger partial charge in [0.25, 0.3) is 0 Å². The zero-order chi connectivity index (χ0) is 17.1. The Bertz CT molecular complexity index is 767. The van der Waals surface area contributed by atoms with Crippen LogP contribution in [0.2, 0.25) is 5.02 Å². The van der Waals surface area contributed by atoms with Crippen LogP contribution in [0.3, 0.4) is 0 Å². The van der Waals surface area contributed by atoms with Crippen molar-refractivity contribution >= 4 is 23.3 Å². The van der Waals surface area contributed by atoms with Crippen LogP contribution in [0.4, 0.5) is 14.9 Å². The second kappa shape index (κ2) is 7.09. The molecule has 24 heavy (non-hydrogen) atoms. The van der Waals surface area contributed by atoms with E-state index in [1.165, 1.54) is 23.8 Å². The summed E-state index contributed by atoms with van der Waals surface area (Å²) in [7, 11) is 0. The first kappa shape index (κ1) is 16.6. The third kappa shape index (κ3) is 3.62. The standard InChI is InChI=1S/C18H18ClFN2O2/c1-2-24-15-5-3-12-7-8-22(11-13(12)9-15)18(23)21-17-10-14(19)4-6-16(17)20/h3-6,9-10H,2,7-8,11H2,1H3,(H,21,23). The molecule has 0 aliphatic carbocycles. The summed E-state index contributed by atoms with van der Waals surface area (Å²) in [6.07, 6.45) is 0.757. The van der Waals surface area contributed by atoms with Gasteiger partial charge in [0.15, 0.2) is 0 Å². The highest BCUT2D eigenvalue weighted by molar-refractivity contribution is 6.30. The maximum absolute atomic E-state index is 13.8. The van der Waals surface area contributed by atoms with Gasteiger partial charge in [0.2, 0.25) is 0 Å². The van der Waals surface area contributed by atoms with E-state index in [0.717, 1.165) is 17.7 Å². The van der Waals surface area contributed by atoms with E-state index in [2.05, 4.69) is 5.32 Å². The second-order valence-electron chi connectivity index (χ2n) is 5.59. The quantitative estimate of drug-likeness (QED) is 0.889. The summed E-state index contributed by atoms with van der Waals surface area (Å²) in [4.78, 5) is 14.1. The molecule has 0 saturated carbocycles. The molecule has 0 atom stereocenters. The average molecular weight is 349 g/mol. The van der Waals surface area contributed by atoms with Crippen molar-refractivity contribution in [3.8, 4) is 5.75 Å². The van der Waals surface area contributed by atoms with Crippen LogP contribution < -0.4 is 10.1 Å². The molecular weight excluding hydrogens is 331 g/mol. The van der Waals surface area contributed by atoms with Crippen molar-refractivity contribution in [3.63, 3.8) is 0 Å². The number of hydrogen-bond acceptors (Lipinski definition) is 2. The molecule has 1 aliphatic rings. The number of hydrogen-bond donors (Lipinski definition) is 1. The van der Waals surface area contributed by atoms with Gasteiger partial charge in [-0.05, 0) is 54.8 Å². The molecule has 0 bridgehead atoms. The molecular formula is C18H18ClFN2O2. The lowest BCUT2D eigenvalue weighted by atomic mass is 10.00. The zero-order valence-corrected chi connectivity index (χ0v) is 14.1.